The van der Waals surface area contributed by atoms with Gasteiger partial charge in [0.05, 0.1) is 24.3 Å². The summed E-state index contributed by atoms with van der Waals surface area (Å²) in [5, 5.41) is 8.85. The number of hydrogen-bond donors (Lipinski definition) is 1. The normalized spacial score (nSPS) is 24.0. The quantitative estimate of drug-likeness (QED) is 0.886. The zero-order valence-corrected chi connectivity index (χ0v) is 10.7. The second kappa shape index (κ2) is 5.35. The number of morpholine rings is 1. The number of carbonyl (C=O) groups is 1. The monoisotopic (exact) mass is 250 g/mol. The lowest BCUT2D eigenvalue weighted by atomic mass is 10.1. The van der Waals surface area contributed by atoms with Crippen LogP contribution < -0.4 is 4.90 Å². The van der Waals surface area contributed by atoms with Crippen LogP contribution in [0.2, 0.25) is 0 Å². The Morgan fingerprint density at radius 2 is 2.39 bits per heavy atom. The molecule has 0 bridgehead atoms. The lowest BCUT2D eigenvalue weighted by Gasteiger charge is -2.39. The maximum atomic E-state index is 10.8. The van der Waals surface area contributed by atoms with Gasteiger partial charge in [0.1, 0.15) is 5.82 Å². The molecular weight excluding hydrogens is 232 g/mol. The van der Waals surface area contributed by atoms with E-state index in [0.717, 1.165) is 18.8 Å². The fourth-order valence-electron chi connectivity index (χ4n) is 2.15. The number of hydrogen-bond acceptors (Lipinski definition) is 4. The van der Waals surface area contributed by atoms with Crippen molar-refractivity contribution in [2.45, 2.75) is 32.4 Å². The second-order valence-corrected chi connectivity index (χ2v) is 4.57. The fourth-order valence-corrected chi connectivity index (χ4v) is 2.15. The van der Waals surface area contributed by atoms with Crippen LogP contribution in [0.25, 0.3) is 0 Å². The molecule has 2 rings (SSSR count). The first kappa shape index (κ1) is 12.8. The average Bonchev–Trinajstić information content (AvgIpc) is 2.39. The van der Waals surface area contributed by atoms with Gasteiger partial charge in [-0.2, -0.15) is 0 Å². The van der Waals surface area contributed by atoms with Gasteiger partial charge in [0.15, 0.2) is 0 Å². The molecule has 1 fully saturated rings. The van der Waals surface area contributed by atoms with E-state index < -0.39 is 5.97 Å². The number of aromatic carboxylic acids is 1. The van der Waals surface area contributed by atoms with E-state index in [-0.39, 0.29) is 11.7 Å². The predicted molar refractivity (Wildman–Crippen MR) is 68.0 cm³/mol. The lowest BCUT2D eigenvalue weighted by molar-refractivity contribution is 0.0296. The molecule has 5 heteroatoms. The molecule has 98 valence electrons. The van der Waals surface area contributed by atoms with Crippen LogP contribution in [-0.4, -0.2) is 41.4 Å². The Kier molecular flexibility index (Phi) is 3.81. The Morgan fingerprint density at radius 3 is 2.94 bits per heavy atom. The van der Waals surface area contributed by atoms with Crippen molar-refractivity contribution in [2.24, 2.45) is 0 Å². The molecule has 0 saturated carbocycles. The van der Waals surface area contributed by atoms with Crippen LogP contribution in [0, 0.1) is 0 Å². The van der Waals surface area contributed by atoms with Gasteiger partial charge >= 0.3 is 5.97 Å². The zero-order chi connectivity index (χ0) is 13.1. The van der Waals surface area contributed by atoms with E-state index in [4.69, 9.17) is 9.84 Å². The molecule has 0 aliphatic carbocycles. The molecule has 1 aromatic heterocycles. The molecule has 0 radical (unpaired) electrons. The minimum atomic E-state index is -0.948. The molecular formula is C13H18N2O3. The minimum Gasteiger partial charge on any atom is -0.478 e. The van der Waals surface area contributed by atoms with Crippen molar-refractivity contribution in [3.05, 3.63) is 23.9 Å². The Labute approximate surface area is 106 Å². The molecule has 1 aromatic rings. The van der Waals surface area contributed by atoms with Crippen molar-refractivity contribution in [1.29, 1.82) is 0 Å². The molecule has 0 amide bonds. The van der Waals surface area contributed by atoms with E-state index in [1.165, 1.54) is 6.20 Å². The van der Waals surface area contributed by atoms with Crippen LogP contribution >= 0.6 is 0 Å². The summed E-state index contributed by atoms with van der Waals surface area (Å²) in [6.07, 6.45) is 2.56. The van der Waals surface area contributed by atoms with Crippen molar-refractivity contribution in [3.63, 3.8) is 0 Å². The van der Waals surface area contributed by atoms with E-state index in [1.807, 2.05) is 6.92 Å². The standard InChI is InChI=1S/C13H18N2O3/c1-3-11-8-18-9(2)7-15(11)12-5-4-10(6-14-12)13(16)17/h4-6,9,11H,3,7-8H2,1-2H3,(H,16,17). The molecule has 1 aliphatic rings. The van der Waals surface area contributed by atoms with E-state index in [1.54, 1.807) is 12.1 Å². The van der Waals surface area contributed by atoms with Crippen LogP contribution in [0.4, 0.5) is 5.82 Å². The maximum absolute atomic E-state index is 10.8. The zero-order valence-electron chi connectivity index (χ0n) is 10.7. The summed E-state index contributed by atoms with van der Waals surface area (Å²) in [5.74, 6) is -0.126. The highest BCUT2D eigenvalue weighted by atomic mass is 16.5. The summed E-state index contributed by atoms with van der Waals surface area (Å²) in [5.41, 5.74) is 0.216. The Morgan fingerprint density at radius 1 is 1.61 bits per heavy atom. The van der Waals surface area contributed by atoms with E-state index in [0.29, 0.717) is 12.6 Å². The summed E-state index contributed by atoms with van der Waals surface area (Å²) in [6.45, 7) is 5.63. The molecule has 1 saturated heterocycles. The van der Waals surface area contributed by atoms with Crippen molar-refractivity contribution in [2.75, 3.05) is 18.1 Å². The predicted octanol–water partition coefficient (Wildman–Crippen LogP) is 1.78. The number of ether oxygens (including phenoxy) is 1. The van der Waals surface area contributed by atoms with Gasteiger partial charge in [-0.1, -0.05) is 6.92 Å². The third-order valence-corrected chi connectivity index (χ3v) is 3.23. The molecule has 1 aliphatic heterocycles. The number of anilines is 1. The van der Waals surface area contributed by atoms with E-state index >= 15 is 0 Å². The third-order valence-electron chi connectivity index (χ3n) is 3.23. The summed E-state index contributed by atoms with van der Waals surface area (Å²) < 4.78 is 5.63. The first-order valence-electron chi connectivity index (χ1n) is 6.19. The summed E-state index contributed by atoms with van der Waals surface area (Å²) in [4.78, 5) is 17.2. The highest BCUT2D eigenvalue weighted by molar-refractivity contribution is 5.87. The van der Waals surface area contributed by atoms with Crippen LogP contribution in [0.15, 0.2) is 18.3 Å². The number of carboxylic acids is 1. The molecule has 0 spiro atoms. The van der Waals surface area contributed by atoms with Gasteiger partial charge in [-0.3, -0.25) is 0 Å². The van der Waals surface area contributed by atoms with Gasteiger partial charge in [0, 0.05) is 12.7 Å². The van der Waals surface area contributed by atoms with Gasteiger partial charge in [0.2, 0.25) is 0 Å². The Bertz CT molecular complexity index is 419. The highest BCUT2D eigenvalue weighted by Crippen LogP contribution is 2.21. The maximum Gasteiger partial charge on any atom is 0.337 e. The van der Waals surface area contributed by atoms with Crippen LogP contribution in [0.5, 0.6) is 0 Å². The number of carboxylic acid groups (broad SMARTS) is 1. The van der Waals surface area contributed by atoms with Gasteiger partial charge in [0.25, 0.3) is 0 Å². The second-order valence-electron chi connectivity index (χ2n) is 4.57. The third kappa shape index (κ3) is 2.61. The van der Waals surface area contributed by atoms with Crippen molar-refractivity contribution >= 4 is 11.8 Å². The van der Waals surface area contributed by atoms with Crippen molar-refractivity contribution in [1.82, 2.24) is 4.98 Å². The molecule has 2 atom stereocenters. The van der Waals surface area contributed by atoms with Gasteiger partial charge in [-0.15, -0.1) is 0 Å². The van der Waals surface area contributed by atoms with Gasteiger partial charge in [-0.25, -0.2) is 9.78 Å². The minimum absolute atomic E-state index is 0.175. The fraction of sp³-hybridized carbons (Fsp3) is 0.538. The lowest BCUT2D eigenvalue weighted by Crippen LogP contribution is -2.49. The molecule has 1 N–H and O–H groups in total. The van der Waals surface area contributed by atoms with E-state index in [9.17, 15) is 4.79 Å². The van der Waals surface area contributed by atoms with Crippen LogP contribution in [-0.2, 0) is 4.74 Å². The van der Waals surface area contributed by atoms with Crippen molar-refractivity contribution in [3.8, 4) is 0 Å². The number of rotatable bonds is 3. The summed E-state index contributed by atoms with van der Waals surface area (Å²) >= 11 is 0. The van der Waals surface area contributed by atoms with Crippen LogP contribution in [0.3, 0.4) is 0 Å². The number of nitrogens with zero attached hydrogens (tertiary/aromatic N) is 2. The molecule has 2 heterocycles. The highest BCUT2D eigenvalue weighted by Gasteiger charge is 2.26. The van der Waals surface area contributed by atoms with Gasteiger partial charge < -0.3 is 14.7 Å². The number of aromatic nitrogens is 1. The first-order chi connectivity index (χ1) is 8.61. The summed E-state index contributed by atoms with van der Waals surface area (Å²) in [7, 11) is 0. The summed E-state index contributed by atoms with van der Waals surface area (Å²) in [6, 6.07) is 3.67. The van der Waals surface area contributed by atoms with Crippen LogP contribution in [0.1, 0.15) is 30.6 Å². The molecule has 18 heavy (non-hydrogen) atoms. The Balaban J connectivity index is 2.20. The largest absolute Gasteiger partial charge is 0.478 e. The average molecular weight is 250 g/mol. The topological polar surface area (TPSA) is 62.7 Å². The molecule has 0 aromatic carbocycles. The number of pyridine rings is 1. The molecule has 2 unspecified atom stereocenters. The Hall–Kier alpha value is -1.62. The van der Waals surface area contributed by atoms with E-state index in [2.05, 4.69) is 16.8 Å². The smallest absolute Gasteiger partial charge is 0.337 e. The van der Waals surface area contributed by atoms with Crippen molar-refractivity contribution < 1.29 is 14.6 Å². The molecule has 5 nitrogen and oxygen atoms in total. The SMILES string of the molecule is CCC1COC(C)CN1c1ccc(C(=O)O)cn1. The van der Waals surface area contributed by atoms with Gasteiger partial charge in [-0.05, 0) is 25.5 Å². The first-order valence-corrected chi connectivity index (χ1v) is 6.19.